The third-order valence-electron chi connectivity index (χ3n) is 5.71. The zero-order valence-electron chi connectivity index (χ0n) is 19.4. The Hall–Kier alpha value is -2.83. The van der Waals surface area contributed by atoms with Crippen molar-refractivity contribution in [2.45, 2.75) is 39.2 Å². The number of hydrogen-bond donors (Lipinski definition) is 1. The van der Waals surface area contributed by atoms with Gasteiger partial charge in [0, 0.05) is 25.8 Å². The number of ketones is 1. The molecular weight excluding hydrogens is 442 g/mol. The molecule has 0 bridgehead atoms. The van der Waals surface area contributed by atoms with Crippen molar-refractivity contribution in [1.82, 2.24) is 4.90 Å². The number of carbonyl (C=O) groups excluding carboxylic acids is 2. The normalized spacial score (nSPS) is 17.8. The second kappa shape index (κ2) is 10.9. The number of halogens is 1. The molecule has 1 fully saturated rings. The molecule has 0 radical (unpaired) electrons. The number of carbonyl (C=O) groups is 2. The monoisotopic (exact) mass is 471 g/mol. The second-order valence-electron chi connectivity index (χ2n) is 8.24. The third-order valence-corrected chi connectivity index (χ3v) is 6.01. The van der Waals surface area contributed by atoms with Crippen LogP contribution in [0.15, 0.2) is 48.0 Å². The topological polar surface area (TPSA) is 76.1 Å². The summed E-state index contributed by atoms with van der Waals surface area (Å²) in [4.78, 5) is 27.5. The van der Waals surface area contributed by atoms with Crippen LogP contribution in [0.3, 0.4) is 0 Å². The van der Waals surface area contributed by atoms with Crippen LogP contribution in [0.5, 0.6) is 5.75 Å². The van der Waals surface area contributed by atoms with Gasteiger partial charge in [0.2, 0.25) is 0 Å². The number of rotatable bonds is 9. The van der Waals surface area contributed by atoms with E-state index in [2.05, 4.69) is 13.8 Å². The molecule has 0 aromatic heterocycles. The zero-order chi connectivity index (χ0) is 24.1. The lowest BCUT2D eigenvalue weighted by Crippen LogP contribution is -2.31. The van der Waals surface area contributed by atoms with Crippen molar-refractivity contribution >= 4 is 29.1 Å². The summed E-state index contributed by atoms with van der Waals surface area (Å²) in [6.07, 6.45) is 0.568. The molecule has 0 unspecified atom stereocenters. The van der Waals surface area contributed by atoms with Crippen molar-refractivity contribution in [3.8, 4) is 5.75 Å². The van der Waals surface area contributed by atoms with Crippen LogP contribution in [0, 0.1) is 0 Å². The lowest BCUT2D eigenvalue weighted by atomic mass is 9.93. The van der Waals surface area contributed by atoms with Crippen molar-refractivity contribution < 1.29 is 24.2 Å². The number of methoxy groups -OCH3 is 1. The van der Waals surface area contributed by atoms with Crippen LogP contribution in [0.2, 0.25) is 5.02 Å². The van der Waals surface area contributed by atoms with Crippen molar-refractivity contribution in [3.05, 3.63) is 69.8 Å². The predicted molar refractivity (Wildman–Crippen MR) is 129 cm³/mol. The molecule has 1 saturated heterocycles. The van der Waals surface area contributed by atoms with Gasteiger partial charge in [-0.1, -0.05) is 49.7 Å². The van der Waals surface area contributed by atoms with Gasteiger partial charge < -0.3 is 19.5 Å². The van der Waals surface area contributed by atoms with Gasteiger partial charge in [-0.25, -0.2) is 0 Å². The number of amides is 1. The Balaban J connectivity index is 2.10. The largest absolute Gasteiger partial charge is 0.507 e. The number of aliphatic hydroxyl groups excluding tert-OH is 1. The molecule has 1 amide bonds. The minimum absolute atomic E-state index is 0.0509. The zero-order valence-corrected chi connectivity index (χ0v) is 20.2. The minimum Gasteiger partial charge on any atom is -0.507 e. The Bertz CT molecular complexity index is 1050. The van der Waals surface area contributed by atoms with Gasteiger partial charge >= 0.3 is 0 Å². The standard InChI is InChI=1S/C26H30ClNO5/c1-5-33-21-12-11-19(15-20(21)27)24(29)22-23(18-9-7-17(8-10-18)16(2)3)28(13-6-14-32-4)26(31)25(22)30/h7-12,15-16,23,29H,5-6,13-14H2,1-4H3/t23-/m1/s1. The van der Waals surface area contributed by atoms with E-state index in [1.54, 1.807) is 25.3 Å². The summed E-state index contributed by atoms with van der Waals surface area (Å²) in [7, 11) is 1.59. The molecule has 2 aromatic carbocycles. The number of benzene rings is 2. The van der Waals surface area contributed by atoms with E-state index in [1.807, 2.05) is 31.2 Å². The number of hydrogen-bond acceptors (Lipinski definition) is 5. The maximum absolute atomic E-state index is 13.1. The summed E-state index contributed by atoms with van der Waals surface area (Å²) in [5, 5.41) is 11.5. The van der Waals surface area contributed by atoms with Crippen molar-refractivity contribution in [2.24, 2.45) is 0 Å². The van der Waals surface area contributed by atoms with Gasteiger partial charge in [-0.15, -0.1) is 0 Å². The molecule has 2 aromatic rings. The Morgan fingerprint density at radius 1 is 1.15 bits per heavy atom. The third kappa shape index (κ3) is 5.23. The molecule has 1 atom stereocenters. The predicted octanol–water partition coefficient (Wildman–Crippen LogP) is 5.32. The smallest absolute Gasteiger partial charge is 0.295 e. The molecule has 1 heterocycles. The van der Waals surface area contributed by atoms with Crippen LogP contribution in [0.25, 0.3) is 5.76 Å². The summed E-state index contributed by atoms with van der Waals surface area (Å²) in [6.45, 7) is 7.28. The summed E-state index contributed by atoms with van der Waals surface area (Å²) in [5.41, 5.74) is 2.31. The Morgan fingerprint density at radius 2 is 1.85 bits per heavy atom. The fourth-order valence-electron chi connectivity index (χ4n) is 3.98. The fourth-order valence-corrected chi connectivity index (χ4v) is 4.21. The van der Waals surface area contributed by atoms with E-state index in [0.29, 0.717) is 48.4 Å². The highest BCUT2D eigenvalue weighted by atomic mass is 35.5. The fraction of sp³-hybridized carbons (Fsp3) is 0.385. The van der Waals surface area contributed by atoms with Gasteiger partial charge in [-0.3, -0.25) is 9.59 Å². The lowest BCUT2D eigenvalue weighted by Gasteiger charge is -2.25. The number of Topliss-reactive ketones (excluding diaryl/α,β-unsaturated/α-hetero) is 1. The first kappa shape index (κ1) is 24.8. The highest BCUT2D eigenvalue weighted by molar-refractivity contribution is 6.46. The van der Waals surface area contributed by atoms with E-state index in [-0.39, 0.29) is 11.3 Å². The van der Waals surface area contributed by atoms with E-state index in [4.69, 9.17) is 21.1 Å². The van der Waals surface area contributed by atoms with Gasteiger partial charge in [0.15, 0.2) is 0 Å². The minimum atomic E-state index is -0.715. The van der Waals surface area contributed by atoms with Crippen molar-refractivity contribution in [3.63, 3.8) is 0 Å². The van der Waals surface area contributed by atoms with E-state index >= 15 is 0 Å². The molecule has 33 heavy (non-hydrogen) atoms. The van der Waals surface area contributed by atoms with Crippen LogP contribution < -0.4 is 4.74 Å². The summed E-state index contributed by atoms with van der Waals surface area (Å²) < 4.78 is 10.6. The first-order valence-corrected chi connectivity index (χ1v) is 11.5. The molecule has 1 N–H and O–H groups in total. The van der Waals surface area contributed by atoms with E-state index in [0.717, 1.165) is 11.1 Å². The first-order valence-electron chi connectivity index (χ1n) is 11.1. The Labute approximate surface area is 199 Å². The van der Waals surface area contributed by atoms with Gasteiger partial charge in [-0.2, -0.15) is 0 Å². The molecule has 1 aliphatic heterocycles. The Kier molecular flexibility index (Phi) is 8.16. The van der Waals surface area contributed by atoms with Gasteiger partial charge in [0.25, 0.3) is 11.7 Å². The van der Waals surface area contributed by atoms with E-state index in [9.17, 15) is 14.7 Å². The molecule has 6 nitrogen and oxygen atoms in total. The van der Waals surface area contributed by atoms with Gasteiger partial charge in [0.05, 0.1) is 23.2 Å². The Morgan fingerprint density at radius 3 is 2.42 bits per heavy atom. The number of ether oxygens (including phenoxy) is 2. The lowest BCUT2D eigenvalue weighted by molar-refractivity contribution is -0.140. The molecule has 176 valence electrons. The highest BCUT2D eigenvalue weighted by Crippen LogP contribution is 2.40. The van der Waals surface area contributed by atoms with Crippen LogP contribution in [-0.4, -0.2) is 48.6 Å². The highest BCUT2D eigenvalue weighted by Gasteiger charge is 2.45. The molecule has 0 aliphatic carbocycles. The van der Waals surface area contributed by atoms with Gasteiger partial charge in [-0.05, 0) is 48.6 Å². The second-order valence-corrected chi connectivity index (χ2v) is 8.65. The van der Waals surface area contributed by atoms with Crippen molar-refractivity contribution in [2.75, 3.05) is 26.9 Å². The summed E-state index contributed by atoms with van der Waals surface area (Å²) in [5.74, 6) is -0.782. The average Bonchev–Trinajstić information content (AvgIpc) is 3.05. The van der Waals surface area contributed by atoms with E-state index < -0.39 is 17.7 Å². The maximum Gasteiger partial charge on any atom is 0.295 e. The summed E-state index contributed by atoms with van der Waals surface area (Å²) in [6, 6.07) is 11.9. The molecular formula is C26H30ClNO5. The van der Waals surface area contributed by atoms with Crippen molar-refractivity contribution in [1.29, 1.82) is 0 Å². The maximum atomic E-state index is 13.1. The van der Waals surface area contributed by atoms with Crippen LogP contribution in [0.1, 0.15) is 55.8 Å². The molecule has 1 aliphatic rings. The quantitative estimate of drug-likeness (QED) is 0.232. The number of likely N-dealkylation sites (tertiary alicyclic amines) is 1. The number of nitrogens with zero attached hydrogens (tertiary/aromatic N) is 1. The van der Waals surface area contributed by atoms with Gasteiger partial charge in [0.1, 0.15) is 11.5 Å². The molecule has 7 heteroatoms. The van der Waals surface area contributed by atoms with E-state index in [1.165, 1.54) is 4.90 Å². The SMILES string of the molecule is CCOc1ccc(C(O)=C2C(=O)C(=O)N(CCCOC)[C@@H]2c2ccc(C(C)C)cc2)cc1Cl. The summed E-state index contributed by atoms with van der Waals surface area (Å²) >= 11 is 6.30. The molecule has 0 spiro atoms. The van der Waals surface area contributed by atoms with Crippen LogP contribution >= 0.6 is 11.6 Å². The molecule has 3 rings (SSSR count). The van der Waals surface area contributed by atoms with Crippen LogP contribution in [0.4, 0.5) is 0 Å². The van der Waals surface area contributed by atoms with Crippen LogP contribution in [-0.2, 0) is 14.3 Å². The first-order chi connectivity index (χ1) is 15.8. The average molecular weight is 472 g/mol. The molecule has 0 saturated carbocycles. The number of aliphatic hydroxyl groups is 1.